The van der Waals surface area contributed by atoms with Gasteiger partial charge in [-0.1, -0.05) is 47.9 Å². The van der Waals surface area contributed by atoms with Crippen molar-refractivity contribution in [1.29, 1.82) is 0 Å². The number of nitrogens with zero attached hydrogens (tertiary/aromatic N) is 2. The van der Waals surface area contributed by atoms with Gasteiger partial charge in [-0.2, -0.15) is 11.0 Å². The van der Waals surface area contributed by atoms with Crippen LogP contribution in [0.2, 0.25) is 0 Å². The van der Waals surface area contributed by atoms with Crippen molar-refractivity contribution < 1.29 is 151 Å². The second-order valence-electron chi connectivity index (χ2n) is 8.21. The Balaban J connectivity index is 0.000000421. The Morgan fingerprint density at radius 3 is 1.30 bits per heavy atom. The van der Waals surface area contributed by atoms with Crippen LogP contribution in [0.15, 0.2) is 73.1 Å². The minimum Gasteiger partial charge on any atom is -0.871 e. The van der Waals surface area contributed by atoms with Gasteiger partial charge in [-0.3, -0.25) is 29.1 Å². The molecule has 0 bridgehead atoms. The van der Waals surface area contributed by atoms with Crippen LogP contribution in [0.5, 0.6) is 11.5 Å². The van der Waals surface area contributed by atoms with Gasteiger partial charge in [0.05, 0.1) is 0 Å². The van der Waals surface area contributed by atoms with Crippen molar-refractivity contribution in [3.05, 3.63) is 96.1 Å². The van der Waals surface area contributed by atoms with E-state index in [9.17, 15) is 38.2 Å². The quantitative estimate of drug-likeness (QED) is 0.164. The number of carbonyl (C=O) groups is 4. The molecule has 0 radical (unpaired) electrons. The zero-order valence-corrected chi connectivity index (χ0v) is 30.1. The van der Waals surface area contributed by atoms with Crippen molar-refractivity contribution in [2.24, 2.45) is 0 Å². The van der Waals surface area contributed by atoms with Crippen molar-refractivity contribution in [2.75, 3.05) is 0 Å². The number of carbonyl (C=O) groups excluding carboxylic acids is 4. The Labute approximate surface area is 334 Å². The van der Waals surface area contributed by atoms with Crippen LogP contribution in [0.1, 0.15) is 34.8 Å². The van der Waals surface area contributed by atoms with E-state index in [-0.39, 0.29) is 103 Å². The van der Waals surface area contributed by atoms with Crippen LogP contribution >= 0.6 is 0 Å². The van der Waals surface area contributed by atoms with Gasteiger partial charge in [0.2, 0.25) is 0 Å². The number of hydroxylamine groups is 2. The normalized spacial score (nSPS) is 9.55. The van der Waals surface area contributed by atoms with Crippen molar-refractivity contribution in [3.63, 3.8) is 0 Å². The van der Waals surface area contributed by atoms with Gasteiger partial charge < -0.3 is 19.9 Å². The van der Waals surface area contributed by atoms with Crippen LogP contribution in [0.3, 0.4) is 0 Å². The van der Waals surface area contributed by atoms with Gasteiger partial charge >= 0.3 is 127 Å². The third kappa shape index (κ3) is 12.0. The van der Waals surface area contributed by atoms with E-state index in [1.165, 1.54) is 48.8 Å². The van der Waals surface area contributed by atoms with E-state index >= 15 is 0 Å². The number of amides is 2. The number of aromatic nitrogens is 2. The average Bonchev–Trinajstić information content (AvgIpc) is 2.95. The minimum atomic E-state index is -0.930. The van der Waals surface area contributed by atoms with Gasteiger partial charge in [0.1, 0.15) is 23.0 Å². The molecule has 0 aliphatic heterocycles. The molecule has 0 saturated heterocycles. The van der Waals surface area contributed by atoms with Crippen LogP contribution < -0.4 is 124 Å². The second-order valence-corrected chi connectivity index (χ2v) is 8.21. The molecule has 2 amide bonds. The fraction of sp³-hybridized carbons (Fsp3) is 0.0714. The first kappa shape index (κ1) is 39.4. The first-order chi connectivity index (χ1) is 19.9. The van der Waals surface area contributed by atoms with Crippen molar-refractivity contribution in [2.45, 2.75) is 13.8 Å². The summed E-state index contributed by atoms with van der Waals surface area (Å²) < 4.78 is 26.3. The monoisotopic (exact) mass is 656 g/mol. The molecule has 2 N–H and O–H groups in total. The summed E-state index contributed by atoms with van der Waals surface area (Å²) >= 11 is 0. The zero-order chi connectivity index (χ0) is 30.8. The van der Waals surface area contributed by atoms with E-state index in [2.05, 4.69) is 19.6 Å². The van der Waals surface area contributed by atoms with Crippen molar-refractivity contribution in [3.8, 4) is 33.8 Å². The molecule has 0 saturated carbocycles. The molecule has 0 spiro atoms. The number of hydrogen-bond acceptors (Lipinski definition) is 10. The summed E-state index contributed by atoms with van der Waals surface area (Å²) in [5, 5.41) is 23.7. The number of nitrogens with one attached hydrogen (secondary N) is 2. The van der Waals surface area contributed by atoms with Crippen LogP contribution in [-0.2, 0) is 19.3 Å². The maximum Gasteiger partial charge on any atom is 1.00 e. The van der Waals surface area contributed by atoms with Gasteiger partial charge in [-0.15, -0.1) is 0 Å². The summed E-state index contributed by atoms with van der Waals surface area (Å²) in [7, 11) is 0. The Bertz CT molecular complexity index is 1540. The number of hydrogen-bond donors (Lipinski definition) is 2. The van der Waals surface area contributed by atoms with Gasteiger partial charge in [-0.25, -0.2) is 8.78 Å². The van der Waals surface area contributed by atoms with Gasteiger partial charge in [-0.05, 0) is 46.5 Å². The molecular formula is C28H20F2K2N4O8. The largest absolute Gasteiger partial charge is 1.00 e. The molecule has 2 aromatic carbocycles. The Kier molecular flexibility index (Phi) is 17.0. The minimum absolute atomic E-state index is 0. The second kappa shape index (κ2) is 19.0. The first-order valence-corrected chi connectivity index (χ1v) is 11.8. The number of pyridine rings is 2. The van der Waals surface area contributed by atoms with E-state index < -0.39 is 58.3 Å². The topological polar surface area (TPSA) is 183 Å². The molecule has 16 heteroatoms. The zero-order valence-electron chi connectivity index (χ0n) is 23.8. The molecule has 44 heavy (non-hydrogen) atoms. The third-order valence-electron chi connectivity index (χ3n) is 5.03. The number of benzene rings is 2. The molecule has 12 nitrogen and oxygen atoms in total. The third-order valence-corrected chi connectivity index (χ3v) is 5.03. The van der Waals surface area contributed by atoms with Crippen LogP contribution in [-0.4, -0.2) is 33.7 Å². The van der Waals surface area contributed by atoms with Crippen molar-refractivity contribution >= 4 is 23.8 Å². The molecule has 4 rings (SSSR count). The van der Waals surface area contributed by atoms with E-state index in [0.717, 1.165) is 26.0 Å². The maximum absolute atomic E-state index is 13.1. The van der Waals surface area contributed by atoms with Crippen molar-refractivity contribution in [1.82, 2.24) is 20.9 Å². The van der Waals surface area contributed by atoms with E-state index in [4.69, 9.17) is 0 Å². The molecule has 0 atom stereocenters. The molecule has 2 aromatic heterocycles. The summed E-state index contributed by atoms with van der Waals surface area (Å²) in [5.74, 6) is -5.54. The Hall–Kier alpha value is -2.65. The predicted molar refractivity (Wildman–Crippen MR) is 137 cm³/mol. The summed E-state index contributed by atoms with van der Waals surface area (Å²) in [6.07, 6.45) is 2.53. The molecule has 0 aliphatic rings. The number of halogens is 2. The van der Waals surface area contributed by atoms with Crippen LogP contribution in [0.4, 0.5) is 8.78 Å². The fourth-order valence-electron chi connectivity index (χ4n) is 3.22. The standard InChI is InChI=1S/2C14H11FN2O4.2K/c2*1-8(18)21-17-14(20)13-12(19)6-10(7-16-13)9-3-2-4-11(15)5-9;;/h2*2-7,19H,1H3,(H,17,20);;/q;;2*+1/p-2. The summed E-state index contributed by atoms with van der Waals surface area (Å²) in [6, 6.07) is 13.6. The average molecular weight is 657 g/mol. The molecule has 4 aromatic rings. The summed E-state index contributed by atoms with van der Waals surface area (Å²) in [5.41, 5.74) is 4.44. The van der Waals surface area contributed by atoms with Crippen LogP contribution in [0, 0.1) is 11.6 Å². The van der Waals surface area contributed by atoms with Gasteiger partial charge in [0.25, 0.3) is 0 Å². The van der Waals surface area contributed by atoms with Crippen LogP contribution in [0.25, 0.3) is 22.3 Å². The molecule has 0 unspecified atom stereocenters. The molecule has 0 fully saturated rings. The van der Waals surface area contributed by atoms with E-state index in [1.807, 2.05) is 0 Å². The number of rotatable bonds is 4. The summed E-state index contributed by atoms with van der Waals surface area (Å²) in [6.45, 7) is 2.19. The first-order valence-electron chi connectivity index (χ1n) is 11.8. The molecular weight excluding hydrogens is 637 g/mol. The van der Waals surface area contributed by atoms with E-state index in [1.54, 1.807) is 23.1 Å². The Morgan fingerprint density at radius 1 is 0.636 bits per heavy atom. The molecule has 216 valence electrons. The predicted octanol–water partition coefficient (Wildman–Crippen LogP) is -3.65. The molecule has 2 heterocycles. The fourth-order valence-corrected chi connectivity index (χ4v) is 3.22. The molecule has 0 aliphatic carbocycles. The van der Waals surface area contributed by atoms with Gasteiger partial charge in [0.15, 0.2) is 0 Å². The SMILES string of the molecule is CC(=O)ONC(=O)c1ncc(-c2cccc(F)c2)cc1[O-].CC(=O)ONC(=O)c1ncc(-c2cccc(F)c2)cc1[O-].[K+].[K+]. The van der Waals surface area contributed by atoms with Gasteiger partial charge in [0, 0.05) is 26.2 Å². The Morgan fingerprint density at radius 2 is 1.00 bits per heavy atom. The maximum atomic E-state index is 13.1. The smallest absolute Gasteiger partial charge is 0.871 e. The summed E-state index contributed by atoms with van der Waals surface area (Å²) in [4.78, 5) is 60.3. The van der Waals surface area contributed by atoms with E-state index in [0.29, 0.717) is 22.3 Å².